The predicted molar refractivity (Wildman–Crippen MR) is 107 cm³/mol. The molecular weight excluding hydrogens is 338 g/mol. The standard InChI is InChI=1S/C22H27N3O2/c1-15-6-11-19(12-20(15)25-22(27)18-4-2-3-5-18)21(26)24-14-17-9-7-16(13-23)8-10-17/h6-12,18H,2-5,13-14,23H2,1H3,(H,24,26)(H,25,27). The third-order valence-corrected chi connectivity index (χ3v) is 5.20. The number of nitrogens with one attached hydrogen (secondary N) is 2. The minimum Gasteiger partial charge on any atom is -0.348 e. The second-order valence-corrected chi connectivity index (χ2v) is 7.20. The number of anilines is 1. The van der Waals surface area contributed by atoms with Crippen LogP contribution in [0.5, 0.6) is 0 Å². The fourth-order valence-corrected chi connectivity index (χ4v) is 3.40. The number of benzene rings is 2. The second-order valence-electron chi connectivity index (χ2n) is 7.20. The zero-order valence-electron chi connectivity index (χ0n) is 15.8. The molecule has 2 aromatic rings. The van der Waals surface area contributed by atoms with Crippen LogP contribution in [0.2, 0.25) is 0 Å². The van der Waals surface area contributed by atoms with Gasteiger partial charge in [0.1, 0.15) is 0 Å². The van der Waals surface area contributed by atoms with E-state index in [4.69, 9.17) is 5.73 Å². The van der Waals surface area contributed by atoms with E-state index in [1.165, 1.54) is 0 Å². The Labute approximate surface area is 160 Å². The van der Waals surface area contributed by atoms with Crippen LogP contribution in [0, 0.1) is 12.8 Å². The number of rotatable bonds is 6. The number of aryl methyl sites for hydroxylation is 1. The number of nitrogens with two attached hydrogens (primary N) is 1. The van der Waals surface area contributed by atoms with Crippen molar-refractivity contribution in [3.05, 3.63) is 64.7 Å². The maximum atomic E-state index is 12.5. The highest BCUT2D eigenvalue weighted by atomic mass is 16.2. The van der Waals surface area contributed by atoms with E-state index < -0.39 is 0 Å². The number of carbonyl (C=O) groups excluding carboxylic acids is 2. The van der Waals surface area contributed by atoms with Gasteiger partial charge in [-0.05, 0) is 48.6 Å². The summed E-state index contributed by atoms with van der Waals surface area (Å²) in [6, 6.07) is 13.3. The average Bonchev–Trinajstić information content (AvgIpc) is 3.23. The van der Waals surface area contributed by atoms with E-state index in [1.807, 2.05) is 37.3 Å². The van der Waals surface area contributed by atoms with Gasteiger partial charge in [-0.1, -0.05) is 43.2 Å². The quantitative estimate of drug-likeness (QED) is 0.732. The molecule has 0 heterocycles. The lowest BCUT2D eigenvalue weighted by atomic mass is 10.1. The molecule has 142 valence electrons. The molecule has 2 aromatic carbocycles. The number of carbonyl (C=O) groups is 2. The first-order valence-corrected chi connectivity index (χ1v) is 9.54. The van der Waals surface area contributed by atoms with Crippen LogP contribution in [0.15, 0.2) is 42.5 Å². The van der Waals surface area contributed by atoms with Gasteiger partial charge in [-0.15, -0.1) is 0 Å². The van der Waals surface area contributed by atoms with Gasteiger partial charge in [0.05, 0.1) is 0 Å². The average molecular weight is 365 g/mol. The van der Waals surface area contributed by atoms with Gasteiger partial charge in [-0.3, -0.25) is 9.59 Å². The molecule has 0 bridgehead atoms. The van der Waals surface area contributed by atoms with Crippen LogP contribution in [-0.2, 0) is 17.9 Å². The lowest BCUT2D eigenvalue weighted by Gasteiger charge is -2.14. The van der Waals surface area contributed by atoms with Crippen LogP contribution < -0.4 is 16.4 Å². The summed E-state index contributed by atoms with van der Waals surface area (Å²) < 4.78 is 0. The number of hydrogen-bond acceptors (Lipinski definition) is 3. The highest BCUT2D eigenvalue weighted by Gasteiger charge is 2.23. The lowest BCUT2D eigenvalue weighted by Crippen LogP contribution is -2.24. The molecule has 0 unspecified atom stereocenters. The Balaban J connectivity index is 1.63. The van der Waals surface area contributed by atoms with Crippen molar-refractivity contribution in [1.82, 2.24) is 5.32 Å². The Morgan fingerprint density at radius 1 is 1.04 bits per heavy atom. The van der Waals surface area contributed by atoms with Gasteiger partial charge in [0.15, 0.2) is 0 Å². The summed E-state index contributed by atoms with van der Waals surface area (Å²) in [5, 5.41) is 5.93. The van der Waals surface area contributed by atoms with Crippen molar-refractivity contribution in [1.29, 1.82) is 0 Å². The summed E-state index contributed by atoms with van der Waals surface area (Å²) in [5.41, 5.74) is 9.89. The van der Waals surface area contributed by atoms with Crippen molar-refractivity contribution in [2.75, 3.05) is 5.32 Å². The molecule has 1 aliphatic rings. The third kappa shape index (κ3) is 4.95. The van der Waals surface area contributed by atoms with Crippen molar-refractivity contribution in [3.8, 4) is 0 Å². The predicted octanol–water partition coefficient (Wildman–Crippen LogP) is 3.51. The normalized spacial score (nSPS) is 14.1. The van der Waals surface area contributed by atoms with E-state index in [-0.39, 0.29) is 17.7 Å². The fourth-order valence-electron chi connectivity index (χ4n) is 3.40. The van der Waals surface area contributed by atoms with Crippen LogP contribution in [0.25, 0.3) is 0 Å². The highest BCUT2D eigenvalue weighted by molar-refractivity contribution is 5.98. The highest BCUT2D eigenvalue weighted by Crippen LogP contribution is 2.27. The molecule has 0 radical (unpaired) electrons. The fraction of sp³-hybridized carbons (Fsp3) is 0.364. The molecule has 0 aliphatic heterocycles. The number of hydrogen-bond donors (Lipinski definition) is 3. The summed E-state index contributed by atoms with van der Waals surface area (Å²) in [5.74, 6) is 0.000735. The van der Waals surface area contributed by atoms with Gasteiger partial charge in [-0.2, -0.15) is 0 Å². The topological polar surface area (TPSA) is 84.2 Å². The molecule has 0 aromatic heterocycles. The molecule has 4 N–H and O–H groups in total. The van der Waals surface area contributed by atoms with Crippen LogP contribution in [0.4, 0.5) is 5.69 Å². The van der Waals surface area contributed by atoms with Crippen molar-refractivity contribution in [2.24, 2.45) is 11.7 Å². The van der Waals surface area contributed by atoms with Crippen molar-refractivity contribution < 1.29 is 9.59 Å². The Morgan fingerprint density at radius 2 is 1.70 bits per heavy atom. The Bertz CT molecular complexity index is 809. The first-order chi connectivity index (χ1) is 13.1. The van der Waals surface area contributed by atoms with Crippen molar-refractivity contribution in [2.45, 2.75) is 45.7 Å². The van der Waals surface area contributed by atoms with E-state index in [0.29, 0.717) is 24.3 Å². The zero-order chi connectivity index (χ0) is 19.2. The van der Waals surface area contributed by atoms with E-state index in [1.54, 1.807) is 12.1 Å². The monoisotopic (exact) mass is 365 g/mol. The lowest BCUT2D eigenvalue weighted by molar-refractivity contribution is -0.119. The van der Waals surface area contributed by atoms with Crippen LogP contribution >= 0.6 is 0 Å². The van der Waals surface area contributed by atoms with Gasteiger partial charge < -0.3 is 16.4 Å². The summed E-state index contributed by atoms with van der Waals surface area (Å²) in [6.45, 7) is 2.89. The van der Waals surface area contributed by atoms with Crippen LogP contribution in [-0.4, -0.2) is 11.8 Å². The third-order valence-electron chi connectivity index (χ3n) is 5.20. The minimum atomic E-state index is -0.158. The smallest absolute Gasteiger partial charge is 0.251 e. The molecule has 5 heteroatoms. The SMILES string of the molecule is Cc1ccc(C(=O)NCc2ccc(CN)cc2)cc1NC(=O)C1CCCC1. The molecule has 0 spiro atoms. The summed E-state index contributed by atoms with van der Waals surface area (Å²) in [6.07, 6.45) is 4.14. The van der Waals surface area contributed by atoms with Gasteiger partial charge in [-0.25, -0.2) is 0 Å². The van der Waals surface area contributed by atoms with Crippen molar-refractivity contribution >= 4 is 17.5 Å². The first kappa shape index (κ1) is 19.1. The molecule has 3 rings (SSSR count). The Hall–Kier alpha value is -2.66. The van der Waals surface area contributed by atoms with Gasteiger partial charge in [0.2, 0.25) is 5.91 Å². The van der Waals surface area contributed by atoms with Crippen LogP contribution in [0.1, 0.15) is 52.7 Å². The number of amides is 2. The molecule has 1 fully saturated rings. The van der Waals surface area contributed by atoms with Crippen LogP contribution in [0.3, 0.4) is 0 Å². The Kier molecular flexibility index (Phi) is 6.24. The molecule has 0 saturated heterocycles. The van der Waals surface area contributed by atoms with Crippen molar-refractivity contribution in [3.63, 3.8) is 0 Å². The summed E-state index contributed by atoms with van der Waals surface area (Å²) in [7, 11) is 0. The molecule has 1 aliphatic carbocycles. The van der Waals surface area contributed by atoms with E-state index in [9.17, 15) is 9.59 Å². The largest absolute Gasteiger partial charge is 0.348 e. The maximum Gasteiger partial charge on any atom is 0.251 e. The van der Waals surface area contributed by atoms with E-state index >= 15 is 0 Å². The van der Waals surface area contributed by atoms with E-state index in [2.05, 4.69) is 10.6 Å². The second kappa shape index (κ2) is 8.82. The molecular formula is C22H27N3O2. The minimum absolute atomic E-state index is 0.0631. The van der Waals surface area contributed by atoms with Gasteiger partial charge >= 0.3 is 0 Å². The van der Waals surface area contributed by atoms with E-state index in [0.717, 1.165) is 42.4 Å². The molecule has 2 amide bonds. The van der Waals surface area contributed by atoms with Gasteiger partial charge in [0.25, 0.3) is 5.91 Å². The molecule has 1 saturated carbocycles. The molecule has 5 nitrogen and oxygen atoms in total. The summed E-state index contributed by atoms with van der Waals surface area (Å²) in [4.78, 5) is 24.9. The van der Waals surface area contributed by atoms with Gasteiger partial charge in [0, 0.05) is 30.3 Å². The zero-order valence-corrected chi connectivity index (χ0v) is 15.8. The summed E-state index contributed by atoms with van der Waals surface area (Å²) >= 11 is 0. The maximum absolute atomic E-state index is 12.5. The molecule has 0 atom stereocenters. The Morgan fingerprint density at radius 3 is 2.37 bits per heavy atom. The first-order valence-electron chi connectivity index (χ1n) is 9.54. The molecule has 27 heavy (non-hydrogen) atoms.